The number of rotatable bonds is 5. The molecule has 0 aliphatic carbocycles. The molecule has 0 aromatic heterocycles. The number of halogens is 3. The first-order valence-corrected chi connectivity index (χ1v) is 7.27. The van der Waals surface area contributed by atoms with Crippen molar-refractivity contribution in [2.24, 2.45) is 0 Å². The van der Waals surface area contributed by atoms with Gasteiger partial charge in [-0.15, -0.1) is 11.6 Å². The normalized spacial score (nSPS) is 14.0. The Morgan fingerprint density at radius 2 is 1.80 bits per heavy atom. The molecule has 1 atom stereocenters. The highest BCUT2D eigenvalue weighted by molar-refractivity contribution is 6.30. The summed E-state index contributed by atoms with van der Waals surface area (Å²) in [5, 5.41) is 3.45. The number of nitrogens with one attached hydrogen (secondary N) is 1. The molecule has 0 aliphatic heterocycles. The van der Waals surface area contributed by atoms with Crippen molar-refractivity contribution in [1.29, 1.82) is 0 Å². The van der Waals surface area contributed by atoms with Gasteiger partial charge in [-0.1, -0.05) is 54.1 Å². The van der Waals surface area contributed by atoms with Crippen LogP contribution >= 0.6 is 23.2 Å². The third-order valence-corrected chi connectivity index (χ3v) is 4.21. The second-order valence-corrected chi connectivity index (χ2v) is 5.57. The van der Waals surface area contributed by atoms with Crippen molar-refractivity contribution in [1.82, 2.24) is 5.32 Å². The van der Waals surface area contributed by atoms with E-state index in [0.29, 0.717) is 18.0 Å². The van der Waals surface area contributed by atoms with E-state index >= 15 is 0 Å². The third-order valence-electron chi connectivity index (χ3n) is 3.38. The monoisotopic (exact) mass is 311 g/mol. The van der Waals surface area contributed by atoms with Crippen molar-refractivity contribution < 1.29 is 4.39 Å². The molecular weight excluding hydrogens is 296 g/mol. The topological polar surface area (TPSA) is 12.0 Å². The smallest absolute Gasteiger partial charge is 0.146 e. The lowest BCUT2D eigenvalue weighted by atomic mass is 9.94. The first-order chi connectivity index (χ1) is 9.57. The molecule has 2 aromatic carbocycles. The van der Waals surface area contributed by atoms with Crippen molar-refractivity contribution in [3.63, 3.8) is 0 Å². The van der Waals surface area contributed by atoms with E-state index in [0.717, 1.165) is 5.56 Å². The summed E-state index contributed by atoms with van der Waals surface area (Å²) in [6.07, 6.45) is 0. The van der Waals surface area contributed by atoms with Gasteiger partial charge in [-0.3, -0.25) is 0 Å². The number of hydrogen-bond acceptors (Lipinski definition) is 1. The Balaban J connectivity index is 2.17. The van der Waals surface area contributed by atoms with Crippen molar-refractivity contribution in [2.45, 2.75) is 19.0 Å². The van der Waals surface area contributed by atoms with E-state index in [1.807, 2.05) is 37.3 Å². The molecular formula is C16H16Cl2FN. The van der Waals surface area contributed by atoms with Gasteiger partial charge < -0.3 is 5.32 Å². The first kappa shape index (κ1) is 15.3. The molecule has 0 heterocycles. The Morgan fingerprint density at radius 1 is 1.10 bits per heavy atom. The largest absolute Gasteiger partial charge is 0.302 e. The highest BCUT2D eigenvalue weighted by atomic mass is 35.5. The van der Waals surface area contributed by atoms with Gasteiger partial charge in [0.25, 0.3) is 0 Å². The molecule has 0 radical (unpaired) electrons. The molecule has 2 rings (SSSR count). The van der Waals surface area contributed by atoms with Gasteiger partial charge in [0, 0.05) is 18.0 Å². The molecule has 0 saturated carbocycles. The van der Waals surface area contributed by atoms with Gasteiger partial charge in [0.05, 0.1) is 10.6 Å². The van der Waals surface area contributed by atoms with E-state index in [4.69, 9.17) is 23.2 Å². The number of hydrogen-bond donors (Lipinski definition) is 1. The summed E-state index contributed by atoms with van der Waals surface area (Å²) < 4.78 is 13.9. The van der Waals surface area contributed by atoms with Crippen molar-refractivity contribution in [3.8, 4) is 0 Å². The molecule has 0 aliphatic rings. The van der Waals surface area contributed by atoms with E-state index in [-0.39, 0.29) is 10.8 Å². The first-order valence-electron chi connectivity index (χ1n) is 6.36. The average molecular weight is 312 g/mol. The van der Waals surface area contributed by atoms with E-state index in [1.54, 1.807) is 18.2 Å². The fourth-order valence-corrected chi connectivity index (χ4v) is 2.45. The highest BCUT2D eigenvalue weighted by Gasteiger charge is 2.25. The van der Waals surface area contributed by atoms with Gasteiger partial charge in [-0.25, -0.2) is 4.39 Å². The SMILES string of the molecule is CC(CCl)(NCc1cccc(Cl)c1F)c1ccccc1. The molecule has 0 saturated heterocycles. The van der Waals surface area contributed by atoms with E-state index in [1.165, 1.54) is 0 Å². The molecule has 2 aromatic rings. The zero-order chi connectivity index (χ0) is 14.6. The van der Waals surface area contributed by atoms with Crippen LogP contribution in [0, 0.1) is 5.82 Å². The summed E-state index contributed by atoms with van der Waals surface area (Å²) in [7, 11) is 0. The van der Waals surface area contributed by atoms with E-state index in [9.17, 15) is 4.39 Å². The fraction of sp³-hybridized carbons (Fsp3) is 0.250. The van der Waals surface area contributed by atoms with Crippen LogP contribution in [0.5, 0.6) is 0 Å². The Labute approximate surface area is 128 Å². The lowest BCUT2D eigenvalue weighted by molar-refractivity contribution is 0.402. The molecule has 20 heavy (non-hydrogen) atoms. The van der Waals surface area contributed by atoms with Crippen LogP contribution in [-0.2, 0) is 12.1 Å². The predicted molar refractivity (Wildman–Crippen MR) is 82.8 cm³/mol. The highest BCUT2D eigenvalue weighted by Crippen LogP contribution is 2.24. The minimum atomic E-state index is -0.419. The zero-order valence-electron chi connectivity index (χ0n) is 11.2. The van der Waals surface area contributed by atoms with Crippen molar-refractivity contribution >= 4 is 23.2 Å². The predicted octanol–water partition coefficient (Wildman–Crippen LogP) is 4.72. The molecule has 1 N–H and O–H groups in total. The van der Waals surface area contributed by atoms with Crippen LogP contribution in [0.15, 0.2) is 48.5 Å². The number of alkyl halides is 1. The van der Waals surface area contributed by atoms with Crippen LogP contribution in [0.25, 0.3) is 0 Å². The van der Waals surface area contributed by atoms with Crippen LogP contribution in [0.2, 0.25) is 5.02 Å². The third kappa shape index (κ3) is 3.32. The number of benzene rings is 2. The van der Waals surface area contributed by atoms with E-state index in [2.05, 4.69) is 5.32 Å². The maximum atomic E-state index is 13.9. The minimum Gasteiger partial charge on any atom is -0.302 e. The molecule has 0 fully saturated rings. The molecule has 1 unspecified atom stereocenters. The summed E-state index contributed by atoms with van der Waals surface area (Å²) in [6.45, 7) is 2.36. The standard InChI is InChI=1S/C16H16Cl2FN/c1-16(11-17,13-7-3-2-4-8-13)20-10-12-6-5-9-14(18)15(12)19/h2-9,20H,10-11H2,1H3. The minimum absolute atomic E-state index is 0.136. The summed E-state index contributed by atoms with van der Waals surface area (Å²) in [5.41, 5.74) is 1.18. The van der Waals surface area contributed by atoms with Crippen LogP contribution in [0.4, 0.5) is 4.39 Å². The summed E-state index contributed by atoms with van der Waals surface area (Å²) in [5.74, 6) is 0.00536. The van der Waals surface area contributed by atoms with Gasteiger partial charge in [0.2, 0.25) is 0 Å². The summed E-state index contributed by atoms with van der Waals surface area (Å²) in [4.78, 5) is 0. The quantitative estimate of drug-likeness (QED) is 0.788. The Morgan fingerprint density at radius 3 is 2.45 bits per heavy atom. The van der Waals surface area contributed by atoms with Crippen LogP contribution in [0.1, 0.15) is 18.1 Å². The Bertz CT molecular complexity index is 574. The van der Waals surface area contributed by atoms with Crippen molar-refractivity contribution in [3.05, 3.63) is 70.5 Å². The molecule has 0 amide bonds. The van der Waals surface area contributed by atoms with Crippen LogP contribution in [-0.4, -0.2) is 5.88 Å². The van der Waals surface area contributed by atoms with Gasteiger partial charge in [0.1, 0.15) is 5.82 Å². The second kappa shape index (κ2) is 6.57. The summed E-state index contributed by atoms with van der Waals surface area (Å²) in [6, 6.07) is 14.9. The van der Waals surface area contributed by atoms with Crippen LogP contribution < -0.4 is 5.32 Å². The Hall–Kier alpha value is -1.09. The lowest BCUT2D eigenvalue weighted by Crippen LogP contribution is -2.41. The van der Waals surface area contributed by atoms with Gasteiger partial charge in [-0.2, -0.15) is 0 Å². The van der Waals surface area contributed by atoms with Crippen molar-refractivity contribution in [2.75, 3.05) is 5.88 Å². The zero-order valence-corrected chi connectivity index (χ0v) is 12.7. The maximum Gasteiger partial charge on any atom is 0.146 e. The molecule has 4 heteroatoms. The second-order valence-electron chi connectivity index (χ2n) is 4.90. The Kier molecular flexibility index (Phi) is 5.03. The molecule has 0 spiro atoms. The molecule has 0 bridgehead atoms. The van der Waals surface area contributed by atoms with Gasteiger partial charge in [-0.05, 0) is 18.6 Å². The van der Waals surface area contributed by atoms with E-state index < -0.39 is 5.54 Å². The molecule has 1 nitrogen and oxygen atoms in total. The summed E-state index contributed by atoms with van der Waals surface area (Å²) >= 11 is 11.9. The maximum absolute atomic E-state index is 13.9. The fourth-order valence-electron chi connectivity index (χ4n) is 2.01. The van der Waals surface area contributed by atoms with Crippen LogP contribution in [0.3, 0.4) is 0 Å². The lowest BCUT2D eigenvalue weighted by Gasteiger charge is -2.29. The van der Waals surface area contributed by atoms with Gasteiger partial charge in [0.15, 0.2) is 0 Å². The average Bonchev–Trinajstić information content (AvgIpc) is 2.49. The van der Waals surface area contributed by atoms with Gasteiger partial charge >= 0.3 is 0 Å². The molecule has 106 valence electrons.